The van der Waals surface area contributed by atoms with Crippen molar-refractivity contribution in [3.63, 3.8) is 0 Å². The number of nitrogens with one attached hydrogen (secondary N) is 2. The van der Waals surface area contributed by atoms with Crippen LogP contribution in [-0.4, -0.2) is 29.7 Å². The van der Waals surface area contributed by atoms with Gasteiger partial charge in [0.2, 0.25) is 0 Å². The van der Waals surface area contributed by atoms with E-state index >= 15 is 0 Å². The average Bonchev–Trinajstić information content (AvgIpc) is 3.16. The molecule has 0 spiro atoms. The van der Waals surface area contributed by atoms with E-state index in [2.05, 4.69) is 0 Å². The molecule has 2 N–H and O–H groups in total. The second kappa shape index (κ2) is 6.09. The quantitative estimate of drug-likeness (QED) is 0.628. The number of halogens is 4. The van der Waals surface area contributed by atoms with E-state index in [0.717, 1.165) is 23.5 Å². The molecule has 0 unspecified atom stereocenters. The molecule has 0 aliphatic carbocycles. The van der Waals surface area contributed by atoms with Gasteiger partial charge in [0.25, 0.3) is 17.5 Å². The zero-order valence-electron chi connectivity index (χ0n) is 12.6. The van der Waals surface area contributed by atoms with Crippen LogP contribution >= 0.6 is 11.3 Å². The van der Waals surface area contributed by atoms with Crippen LogP contribution in [0.2, 0.25) is 0 Å². The number of benzene rings is 1. The molecule has 1 atom stereocenters. The summed E-state index contributed by atoms with van der Waals surface area (Å²) < 4.78 is 54.9. The summed E-state index contributed by atoms with van der Waals surface area (Å²) in [7, 11) is 0. The van der Waals surface area contributed by atoms with E-state index in [1.165, 1.54) is 40.3 Å². The van der Waals surface area contributed by atoms with Crippen molar-refractivity contribution in [2.45, 2.75) is 11.8 Å². The summed E-state index contributed by atoms with van der Waals surface area (Å²) in [6.45, 7) is 0. The van der Waals surface area contributed by atoms with Gasteiger partial charge in [-0.15, -0.1) is 11.3 Å². The Morgan fingerprint density at radius 1 is 1.15 bits per heavy atom. The van der Waals surface area contributed by atoms with Gasteiger partial charge in [0.05, 0.1) is 10.6 Å². The molecular formula is C15H9F4N3O3S. The number of carbonyl (C=O) groups is 3. The lowest BCUT2D eigenvalue weighted by atomic mass is 10.1. The summed E-state index contributed by atoms with van der Waals surface area (Å²) in [5, 5.41) is 4.43. The summed E-state index contributed by atoms with van der Waals surface area (Å²) in [6.07, 6.45) is -5.37. The molecule has 1 aliphatic rings. The van der Waals surface area contributed by atoms with Gasteiger partial charge in [0, 0.05) is 0 Å². The number of thiophene rings is 1. The fourth-order valence-electron chi connectivity index (χ4n) is 2.37. The molecule has 11 heteroatoms. The molecule has 136 valence electrons. The SMILES string of the molecule is O=C(N[C@@]1(C(F)(F)F)NC(=O)N(c2ccccc2F)C1=O)c1cccs1. The maximum Gasteiger partial charge on any atom is 0.440 e. The Morgan fingerprint density at radius 3 is 2.42 bits per heavy atom. The number of alkyl halides is 3. The average molecular weight is 387 g/mol. The maximum absolute atomic E-state index is 13.9. The molecule has 0 saturated carbocycles. The third-order valence-corrected chi connectivity index (χ3v) is 4.45. The molecule has 1 aromatic heterocycles. The first-order chi connectivity index (χ1) is 12.2. The first-order valence-corrected chi connectivity index (χ1v) is 7.89. The maximum atomic E-state index is 13.9. The van der Waals surface area contributed by atoms with Crippen molar-refractivity contribution in [2.24, 2.45) is 0 Å². The normalized spacial score (nSPS) is 20.2. The van der Waals surface area contributed by atoms with Crippen LogP contribution in [0.5, 0.6) is 0 Å². The molecule has 3 rings (SSSR count). The summed E-state index contributed by atoms with van der Waals surface area (Å²) in [5.41, 5.74) is -4.36. The van der Waals surface area contributed by atoms with Crippen molar-refractivity contribution in [1.29, 1.82) is 0 Å². The Kier molecular flexibility index (Phi) is 4.18. The molecule has 4 amide bonds. The van der Waals surface area contributed by atoms with Crippen molar-refractivity contribution in [3.8, 4) is 0 Å². The summed E-state index contributed by atoms with van der Waals surface area (Å²) >= 11 is 0.848. The summed E-state index contributed by atoms with van der Waals surface area (Å²) in [5.74, 6) is -4.13. The van der Waals surface area contributed by atoms with E-state index in [1.54, 1.807) is 0 Å². The molecular weight excluding hydrogens is 378 g/mol. The second-order valence-corrected chi connectivity index (χ2v) is 6.15. The molecule has 2 aromatic rings. The van der Waals surface area contributed by atoms with E-state index in [9.17, 15) is 31.9 Å². The number of amides is 4. The first-order valence-electron chi connectivity index (χ1n) is 7.01. The predicted octanol–water partition coefficient (Wildman–Crippen LogP) is 2.63. The van der Waals surface area contributed by atoms with Crippen LogP contribution in [0.25, 0.3) is 0 Å². The number of carbonyl (C=O) groups excluding carboxylic acids is 3. The molecule has 1 aliphatic heterocycles. The Bertz CT molecular complexity index is 885. The van der Waals surface area contributed by atoms with E-state index in [-0.39, 0.29) is 9.78 Å². The third kappa shape index (κ3) is 2.69. The minimum Gasteiger partial charge on any atom is -0.313 e. The third-order valence-electron chi connectivity index (χ3n) is 3.59. The van der Waals surface area contributed by atoms with Gasteiger partial charge in [0.1, 0.15) is 5.82 Å². The molecule has 1 aromatic carbocycles. The van der Waals surface area contributed by atoms with Crippen LogP contribution in [0.4, 0.5) is 28.0 Å². The topological polar surface area (TPSA) is 78.5 Å². The van der Waals surface area contributed by atoms with Gasteiger partial charge in [-0.2, -0.15) is 13.2 Å². The Labute approximate surface area is 147 Å². The largest absolute Gasteiger partial charge is 0.440 e. The van der Waals surface area contributed by atoms with Gasteiger partial charge in [0.15, 0.2) is 0 Å². The lowest BCUT2D eigenvalue weighted by Gasteiger charge is -2.29. The Balaban J connectivity index is 2.04. The number of para-hydroxylation sites is 1. The highest BCUT2D eigenvalue weighted by Crippen LogP contribution is 2.36. The number of hydrogen-bond acceptors (Lipinski definition) is 4. The van der Waals surface area contributed by atoms with Crippen LogP contribution in [-0.2, 0) is 4.79 Å². The highest BCUT2D eigenvalue weighted by Gasteiger charge is 2.69. The first kappa shape index (κ1) is 17.9. The number of urea groups is 1. The number of imide groups is 1. The number of nitrogens with zero attached hydrogens (tertiary/aromatic N) is 1. The van der Waals surface area contributed by atoms with Gasteiger partial charge < -0.3 is 5.32 Å². The number of hydrogen-bond donors (Lipinski definition) is 2. The van der Waals surface area contributed by atoms with Gasteiger partial charge >= 0.3 is 12.2 Å². The highest BCUT2D eigenvalue weighted by atomic mass is 32.1. The van der Waals surface area contributed by atoms with Crippen LogP contribution in [0.3, 0.4) is 0 Å². The molecule has 1 saturated heterocycles. The van der Waals surface area contributed by atoms with E-state index in [0.29, 0.717) is 0 Å². The fraction of sp³-hybridized carbons (Fsp3) is 0.133. The standard InChI is InChI=1S/C15H9F4N3O3S/c16-8-4-1-2-5-9(8)22-12(24)14(15(17,18)19,21-13(22)25)20-11(23)10-6-3-7-26-10/h1-7H,(H,20,23)(H,21,25)/t14-/m1/s1. The van der Waals surface area contributed by atoms with Crippen molar-refractivity contribution in [2.75, 3.05) is 4.90 Å². The predicted molar refractivity (Wildman–Crippen MR) is 83.0 cm³/mol. The minimum atomic E-state index is -5.37. The summed E-state index contributed by atoms with van der Waals surface area (Å²) in [4.78, 5) is 36.5. The van der Waals surface area contributed by atoms with Crippen LogP contribution < -0.4 is 15.5 Å². The zero-order valence-corrected chi connectivity index (χ0v) is 13.5. The molecule has 0 bridgehead atoms. The van der Waals surface area contributed by atoms with Gasteiger partial charge in [-0.25, -0.2) is 14.1 Å². The van der Waals surface area contributed by atoms with E-state index in [1.807, 2.05) is 0 Å². The molecule has 26 heavy (non-hydrogen) atoms. The van der Waals surface area contributed by atoms with E-state index < -0.39 is 41.2 Å². The Hall–Kier alpha value is -2.95. The van der Waals surface area contributed by atoms with Gasteiger partial charge in [-0.3, -0.25) is 14.9 Å². The van der Waals surface area contributed by atoms with Gasteiger partial charge in [-0.05, 0) is 23.6 Å². The molecule has 1 fully saturated rings. The lowest BCUT2D eigenvalue weighted by molar-refractivity contribution is -0.197. The van der Waals surface area contributed by atoms with Crippen LogP contribution in [0.15, 0.2) is 41.8 Å². The van der Waals surface area contributed by atoms with Crippen molar-refractivity contribution in [3.05, 3.63) is 52.5 Å². The second-order valence-electron chi connectivity index (χ2n) is 5.20. The Morgan fingerprint density at radius 2 is 1.85 bits per heavy atom. The monoisotopic (exact) mass is 387 g/mol. The smallest absolute Gasteiger partial charge is 0.313 e. The van der Waals surface area contributed by atoms with E-state index in [4.69, 9.17) is 0 Å². The minimum absolute atomic E-state index is 0.0114. The van der Waals surface area contributed by atoms with Crippen LogP contribution in [0.1, 0.15) is 9.67 Å². The van der Waals surface area contributed by atoms with Crippen molar-refractivity contribution >= 4 is 34.9 Å². The fourth-order valence-corrected chi connectivity index (χ4v) is 2.99. The van der Waals surface area contributed by atoms with Crippen molar-refractivity contribution in [1.82, 2.24) is 10.6 Å². The van der Waals surface area contributed by atoms with Gasteiger partial charge in [-0.1, -0.05) is 18.2 Å². The zero-order chi connectivity index (χ0) is 19.1. The van der Waals surface area contributed by atoms with Crippen LogP contribution in [0, 0.1) is 5.82 Å². The van der Waals surface area contributed by atoms with Crippen molar-refractivity contribution < 1.29 is 31.9 Å². The highest BCUT2D eigenvalue weighted by molar-refractivity contribution is 7.12. The lowest BCUT2D eigenvalue weighted by Crippen LogP contribution is -2.69. The molecule has 2 heterocycles. The summed E-state index contributed by atoms with van der Waals surface area (Å²) in [6, 6.07) is 5.52. The molecule has 0 radical (unpaired) electrons. The number of anilines is 1. The molecule has 6 nitrogen and oxygen atoms in total. The number of rotatable bonds is 3.